The maximum absolute atomic E-state index is 6.23. The maximum Gasteiger partial charge on any atom is 0.125 e. The number of rotatable bonds is 5. The molecule has 98 valence electrons. The van der Waals surface area contributed by atoms with Crippen molar-refractivity contribution in [1.29, 1.82) is 0 Å². The number of hydrogen-bond acceptors (Lipinski definition) is 3. The summed E-state index contributed by atoms with van der Waals surface area (Å²) in [6.45, 7) is 4.95. The minimum Gasteiger partial charge on any atom is -0.464 e. The molecule has 2 nitrogen and oxygen atoms in total. The molecule has 0 bridgehead atoms. The molecule has 2 aromatic rings. The number of furan rings is 1. The van der Waals surface area contributed by atoms with E-state index in [2.05, 4.69) is 12.2 Å². The van der Waals surface area contributed by atoms with E-state index in [0.717, 1.165) is 30.0 Å². The predicted molar refractivity (Wildman–Crippen MR) is 77.9 cm³/mol. The van der Waals surface area contributed by atoms with Crippen molar-refractivity contribution in [2.75, 3.05) is 6.54 Å². The third-order valence-corrected chi connectivity index (χ3v) is 4.16. The Kier molecular flexibility index (Phi) is 4.73. The molecule has 1 unspecified atom stereocenters. The minimum absolute atomic E-state index is 0.0325. The molecule has 0 amide bonds. The number of halogens is 2. The zero-order chi connectivity index (χ0) is 13.1. The highest BCUT2D eigenvalue weighted by Crippen LogP contribution is 2.37. The second kappa shape index (κ2) is 6.11. The van der Waals surface area contributed by atoms with Gasteiger partial charge in [-0.3, -0.25) is 0 Å². The molecule has 1 atom stereocenters. The summed E-state index contributed by atoms with van der Waals surface area (Å²) in [7, 11) is 0. The standard InChI is InChI=1S/C13H15Cl2NOS/c1-3-6-16-12(10-5-4-8(2)17-10)9-7-11(14)18-13(9)15/h4-5,7,12,16H,3,6H2,1-2H3. The van der Waals surface area contributed by atoms with Crippen molar-refractivity contribution in [1.82, 2.24) is 5.32 Å². The van der Waals surface area contributed by atoms with Crippen molar-refractivity contribution in [2.45, 2.75) is 26.3 Å². The molecule has 0 saturated carbocycles. The molecule has 18 heavy (non-hydrogen) atoms. The van der Waals surface area contributed by atoms with Crippen LogP contribution in [0.2, 0.25) is 8.67 Å². The summed E-state index contributed by atoms with van der Waals surface area (Å²) in [4.78, 5) is 0. The predicted octanol–water partition coefficient (Wildman–Crippen LogP) is 5.05. The van der Waals surface area contributed by atoms with Crippen LogP contribution in [0.4, 0.5) is 0 Å². The van der Waals surface area contributed by atoms with Crippen LogP contribution in [-0.4, -0.2) is 6.54 Å². The average Bonchev–Trinajstić information content (AvgIpc) is 2.87. The van der Waals surface area contributed by atoms with Crippen LogP contribution in [0.5, 0.6) is 0 Å². The summed E-state index contributed by atoms with van der Waals surface area (Å²) >= 11 is 13.6. The molecule has 2 rings (SSSR count). The molecule has 0 spiro atoms. The van der Waals surface area contributed by atoms with E-state index in [1.165, 1.54) is 11.3 Å². The molecule has 2 heterocycles. The topological polar surface area (TPSA) is 25.2 Å². The summed E-state index contributed by atoms with van der Waals surface area (Å²) in [6, 6.07) is 5.80. The normalized spacial score (nSPS) is 12.9. The van der Waals surface area contributed by atoms with Gasteiger partial charge in [0.25, 0.3) is 0 Å². The summed E-state index contributed by atoms with van der Waals surface area (Å²) in [5.74, 6) is 1.77. The van der Waals surface area contributed by atoms with Gasteiger partial charge in [0.15, 0.2) is 0 Å². The highest BCUT2D eigenvalue weighted by molar-refractivity contribution is 7.20. The fraction of sp³-hybridized carbons (Fsp3) is 0.385. The van der Waals surface area contributed by atoms with Crippen LogP contribution in [-0.2, 0) is 0 Å². The molecule has 0 fully saturated rings. The Hall–Kier alpha value is -0.480. The second-order valence-corrected chi connectivity index (χ2v) is 6.40. The number of hydrogen-bond donors (Lipinski definition) is 1. The lowest BCUT2D eigenvalue weighted by molar-refractivity contribution is 0.431. The smallest absolute Gasteiger partial charge is 0.125 e. The van der Waals surface area contributed by atoms with Crippen LogP contribution in [0, 0.1) is 6.92 Å². The quantitative estimate of drug-likeness (QED) is 0.836. The molecule has 0 aliphatic rings. The summed E-state index contributed by atoms with van der Waals surface area (Å²) in [6.07, 6.45) is 1.05. The Labute approximate surface area is 121 Å². The largest absolute Gasteiger partial charge is 0.464 e. The van der Waals surface area contributed by atoms with Gasteiger partial charge in [0.2, 0.25) is 0 Å². The Morgan fingerprint density at radius 2 is 2.17 bits per heavy atom. The van der Waals surface area contributed by atoms with Crippen LogP contribution in [0.15, 0.2) is 22.6 Å². The third-order valence-electron chi connectivity index (χ3n) is 2.64. The average molecular weight is 304 g/mol. The molecule has 5 heteroatoms. The molecule has 0 aliphatic heterocycles. The lowest BCUT2D eigenvalue weighted by Crippen LogP contribution is -2.22. The molecule has 1 N–H and O–H groups in total. The third kappa shape index (κ3) is 3.09. The fourth-order valence-electron chi connectivity index (χ4n) is 1.81. The summed E-state index contributed by atoms with van der Waals surface area (Å²) in [5, 5.41) is 3.44. The number of nitrogens with one attached hydrogen (secondary N) is 1. The molecular weight excluding hydrogens is 289 g/mol. The Bertz CT molecular complexity index is 521. The first-order chi connectivity index (χ1) is 8.61. The van der Waals surface area contributed by atoms with Crippen molar-refractivity contribution in [3.05, 3.63) is 44.0 Å². The number of thiophene rings is 1. The van der Waals surface area contributed by atoms with Gasteiger partial charge in [0.1, 0.15) is 11.5 Å². The molecule has 0 radical (unpaired) electrons. The fourth-order valence-corrected chi connectivity index (χ4v) is 3.34. The van der Waals surface area contributed by atoms with E-state index >= 15 is 0 Å². The van der Waals surface area contributed by atoms with E-state index in [1.54, 1.807) is 0 Å². The lowest BCUT2D eigenvalue weighted by atomic mass is 10.1. The van der Waals surface area contributed by atoms with Gasteiger partial charge in [-0.05, 0) is 38.1 Å². The van der Waals surface area contributed by atoms with E-state index in [1.807, 2.05) is 25.1 Å². The van der Waals surface area contributed by atoms with Crippen molar-refractivity contribution < 1.29 is 4.42 Å². The van der Waals surface area contributed by atoms with E-state index in [9.17, 15) is 0 Å². The van der Waals surface area contributed by atoms with Gasteiger partial charge >= 0.3 is 0 Å². The van der Waals surface area contributed by atoms with Crippen molar-refractivity contribution >= 4 is 34.5 Å². The Morgan fingerprint density at radius 1 is 1.39 bits per heavy atom. The van der Waals surface area contributed by atoms with Gasteiger partial charge in [-0.2, -0.15) is 0 Å². The van der Waals surface area contributed by atoms with Gasteiger partial charge in [-0.15, -0.1) is 11.3 Å². The van der Waals surface area contributed by atoms with Crippen LogP contribution in [0.1, 0.15) is 36.5 Å². The van der Waals surface area contributed by atoms with Gasteiger partial charge in [-0.25, -0.2) is 0 Å². The van der Waals surface area contributed by atoms with Crippen molar-refractivity contribution in [3.63, 3.8) is 0 Å². The first kappa shape index (κ1) is 13.9. The molecular formula is C13H15Cl2NOS. The lowest BCUT2D eigenvalue weighted by Gasteiger charge is -2.15. The maximum atomic E-state index is 6.23. The van der Waals surface area contributed by atoms with E-state index < -0.39 is 0 Å². The first-order valence-electron chi connectivity index (χ1n) is 5.86. The highest BCUT2D eigenvalue weighted by atomic mass is 35.5. The first-order valence-corrected chi connectivity index (χ1v) is 7.43. The summed E-state index contributed by atoms with van der Waals surface area (Å²) in [5.41, 5.74) is 0.981. The molecule has 2 aromatic heterocycles. The van der Waals surface area contributed by atoms with Crippen LogP contribution in [0.3, 0.4) is 0 Å². The van der Waals surface area contributed by atoms with Crippen molar-refractivity contribution in [3.8, 4) is 0 Å². The van der Waals surface area contributed by atoms with E-state index in [4.69, 9.17) is 27.6 Å². The zero-order valence-electron chi connectivity index (χ0n) is 10.3. The molecule has 0 saturated heterocycles. The van der Waals surface area contributed by atoms with Gasteiger partial charge in [-0.1, -0.05) is 30.1 Å². The minimum atomic E-state index is -0.0325. The zero-order valence-corrected chi connectivity index (χ0v) is 12.6. The van der Waals surface area contributed by atoms with Crippen molar-refractivity contribution in [2.24, 2.45) is 0 Å². The summed E-state index contributed by atoms with van der Waals surface area (Å²) < 4.78 is 7.11. The van der Waals surface area contributed by atoms with Crippen LogP contribution >= 0.6 is 34.5 Å². The van der Waals surface area contributed by atoms with Gasteiger partial charge < -0.3 is 9.73 Å². The number of aryl methyl sites for hydroxylation is 1. The monoisotopic (exact) mass is 303 g/mol. The Morgan fingerprint density at radius 3 is 2.67 bits per heavy atom. The van der Waals surface area contributed by atoms with Gasteiger partial charge in [0.05, 0.1) is 14.7 Å². The molecule has 0 aromatic carbocycles. The van der Waals surface area contributed by atoms with Crippen LogP contribution < -0.4 is 5.32 Å². The SMILES string of the molecule is CCCNC(c1ccc(C)o1)c1cc(Cl)sc1Cl. The van der Waals surface area contributed by atoms with Crippen LogP contribution in [0.25, 0.3) is 0 Å². The second-order valence-electron chi connectivity index (χ2n) is 4.12. The highest BCUT2D eigenvalue weighted by Gasteiger charge is 2.21. The van der Waals surface area contributed by atoms with E-state index in [0.29, 0.717) is 8.67 Å². The Balaban J connectivity index is 2.33. The molecule has 0 aliphatic carbocycles. The van der Waals surface area contributed by atoms with E-state index in [-0.39, 0.29) is 6.04 Å². The van der Waals surface area contributed by atoms with Gasteiger partial charge in [0, 0.05) is 5.56 Å².